The van der Waals surface area contributed by atoms with E-state index in [-0.39, 0.29) is 24.0 Å². The number of aromatic nitrogens is 2. The SMILES string of the molecule is CCCc1noc(-c2cccc(CNC(=NC)Nc3cccc(OCCCOC)c3)c2)n1.I. The van der Waals surface area contributed by atoms with Gasteiger partial charge in [0.25, 0.3) is 5.89 Å². The van der Waals surface area contributed by atoms with E-state index in [0.717, 1.165) is 47.7 Å². The van der Waals surface area contributed by atoms with Crippen molar-refractivity contribution in [3.63, 3.8) is 0 Å². The minimum absolute atomic E-state index is 0. The fraction of sp³-hybridized carbons (Fsp3) is 0.375. The number of nitrogens with zero attached hydrogens (tertiary/aromatic N) is 3. The minimum atomic E-state index is 0. The lowest BCUT2D eigenvalue weighted by molar-refractivity contribution is 0.172. The van der Waals surface area contributed by atoms with E-state index in [1.54, 1.807) is 14.2 Å². The van der Waals surface area contributed by atoms with Gasteiger partial charge in [0.05, 0.1) is 6.61 Å². The van der Waals surface area contributed by atoms with Crippen LogP contribution in [0.1, 0.15) is 31.2 Å². The van der Waals surface area contributed by atoms with Crippen LogP contribution in [0.2, 0.25) is 0 Å². The van der Waals surface area contributed by atoms with E-state index in [1.165, 1.54) is 0 Å². The number of halogens is 1. The van der Waals surface area contributed by atoms with E-state index in [9.17, 15) is 0 Å². The summed E-state index contributed by atoms with van der Waals surface area (Å²) in [5.74, 6) is 2.74. The fourth-order valence-corrected chi connectivity index (χ4v) is 3.07. The van der Waals surface area contributed by atoms with Crippen molar-refractivity contribution in [1.82, 2.24) is 15.5 Å². The number of hydrogen-bond acceptors (Lipinski definition) is 6. The predicted octanol–water partition coefficient (Wildman–Crippen LogP) is 4.91. The standard InChI is InChI=1S/C24H31N5O3.HI/c1-4-8-22-28-23(32-29-22)19-10-5-9-18(15-19)17-26-24(25-2)27-20-11-6-12-21(16-20)31-14-7-13-30-3;/h5-6,9-12,15-16H,4,7-8,13-14,17H2,1-3H3,(H2,25,26,27);1H. The second-order valence-electron chi connectivity index (χ2n) is 7.24. The quantitative estimate of drug-likeness (QED) is 0.148. The van der Waals surface area contributed by atoms with Crippen LogP contribution in [0.15, 0.2) is 58.0 Å². The Morgan fingerprint density at radius 3 is 2.76 bits per heavy atom. The van der Waals surface area contributed by atoms with E-state index >= 15 is 0 Å². The number of guanidine groups is 1. The molecule has 3 rings (SSSR count). The zero-order chi connectivity index (χ0) is 22.6. The van der Waals surface area contributed by atoms with Crippen LogP contribution in [0.3, 0.4) is 0 Å². The smallest absolute Gasteiger partial charge is 0.257 e. The number of rotatable bonds is 11. The van der Waals surface area contributed by atoms with Crippen LogP contribution in [-0.4, -0.2) is 43.5 Å². The molecule has 0 aliphatic carbocycles. The van der Waals surface area contributed by atoms with Gasteiger partial charge in [0, 0.05) is 57.5 Å². The predicted molar refractivity (Wildman–Crippen MR) is 141 cm³/mol. The van der Waals surface area contributed by atoms with Crippen LogP contribution < -0.4 is 15.4 Å². The first-order chi connectivity index (χ1) is 15.7. The molecule has 0 aliphatic rings. The summed E-state index contributed by atoms with van der Waals surface area (Å²) < 4.78 is 16.2. The molecule has 0 radical (unpaired) electrons. The number of methoxy groups -OCH3 is 1. The van der Waals surface area contributed by atoms with Gasteiger partial charge in [-0.3, -0.25) is 4.99 Å². The van der Waals surface area contributed by atoms with Crippen molar-refractivity contribution in [2.45, 2.75) is 32.7 Å². The lowest BCUT2D eigenvalue weighted by atomic mass is 10.1. The van der Waals surface area contributed by atoms with Gasteiger partial charge in [0.15, 0.2) is 11.8 Å². The zero-order valence-electron chi connectivity index (χ0n) is 19.3. The molecule has 0 spiro atoms. The summed E-state index contributed by atoms with van der Waals surface area (Å²) in [4.78, 5) is 8.78. The molecule has 3 aromatic rings. The molecule has 1 heterocycles. The molecular weight excluding hydrogens is 533 g/mol. The van der Waals surface area contributed by atoms with Gasteiger partial charge in [-0.15, -0.1) is 24.0 Å². The van der Waals surface area contributed by atoms with Gasteiger partial charge < -0.3 is 24.6 Å². The normalized spacial score (nSPS) is 11.1. The highest BCUT2D eigenvalue weighted by Gasteiger charge is 2.09. The molecule has 0 saturated carbocycles. The Bertz CT molecular complexity index is 1010. The molecule has 8 nitrogen and oxygen atoms in total. The Morgan fingerprint density at radius 2 is 1.97 bits per heavy atom. The summed E-state index contributed by atoms with van der Waals surface area (Å²) in [5, 5.41) is 10.7. The Balaban J connectivity index is 0.00000385. The van der Waals surface area contributed by atoms with Crippen molar-refractivity contribution >= 4 is 35.6 Å². The van der Waals surface area contributed by atoms with Crippen LogP contribution in [0.25, 0.3) is 11.5 Å². The largest absolute Gasteiger partial charge is 0.493 e. The van der Waals surface area contributed by atoms with Crippen LogP contribution in [0.4, 0.5) is 5.69 Å². The van der Waals surface area contributed by atoms with E-state index in [1.807, 2.05) is 48.5 Å². The molecule has 0 amide bonds. The molecule has 2 N–H and O–H groups in total. The van der Waals surface area contributed by atoms with Crippen LogP contribution in [0.5, 0.6) is 5.75 Å². The molecule has 0 fully saturated rings. The van der Waals surface area contributed by atoms with Crippen molar-refractivity contribution < 1.29 is 14.0 Å². The van der Waals surface area contributed by atoms with Crippen molar-refractivity contribution in [3.05, 3.63) is 59.9 Å². The minimum Gasteiger partial charge on any atom is -0.493 e. The third-order valence-corrected chi connectivity index (χ3v) is 4.66. The van der Waals surface area contributed by atoms with Crippen molar-refractivity contribution in [2.24, 2.45) is 4.99 Å². The van der Waals surface area contributed by atoms with Crippen LogP contribution in [-0.2, 0) is 17.7 Å². The summed E-state index contributed by atoms with van der Waals surface area (Å²) in [5.41, 5.74) is 2.88. The third-order valence-electron chi connectivity index (χ3n) is 4.66. The molecule has 9 heteroatoms. The van der Waals surface area contributed by atoms with E-state index in [4.69, 9.17) is 14.0 Å². The number of hydrogen-bond donors (Lipinski definition) is 2. The summed E-state index contributed by atoms with van der Waals surface area (Å²) in [6, 6.07) is 15.8. The van der Waals surface area contributed by atoms with Crippen molar-refractivity contribution in [3.8, 4) is 17.2 Å². The van der Waals surface area contributed by atoms with Gasteiger partial charge in [-0.2, -0.15) is 4.98 Å². The van der Waals surface area contributed by atoms with Crippen molar-refractivity contribution in [1.29, 1.82) is 0 Å². The lowest BCUT2D eigenvalue weighted by Crippen LogP contribution is -2.30. The van der Waals surface area contributed by atoms with Gasteiger partial charge in [0.1, 0.15) is 5.75 Å². The molecule has 0 aliphatic heterocycles. The van der Waals surface area contributed by atoms with Gasteiger partial charge >= 0.3 is 0 Å². The number of anilines is 1. The Labute approximate surface area is 212 Å². The second-order valence-corrected chi connectivity index (χ2v) is 7.24. The zero-order valence-corrected chi connectivity index (χ0v) is 21.7. The maximum absolute atomic E-state index is 5.77. The second kappa shape index (κ2) is 14.5. The third kappa shape index (κ3) is 8.65. The van der Waals surface area contributed by atoms with Crippen LogP contribution in [0, 0.1) is 0 Å². The molecule has 0 unspecified atom stereocenters. The maximum Gasteiger partial charge on any atom is 0.257 e. The number of aliphatic imine (C=N–C) groups is 1. The topological polar surface area (TPSA) is 93.8 Å². The van der Waals surface area contributed by atoms with Gasteiger partial charge in [-0.1, -0.05) is 30.3 Å². The highest BCUT2D eigenvalue weighted by molar-refractivity contribution is 14.0. The molecule has 33 heavy (non-hydrogen) atoms. The van der Waals surface area contributed by atoms with Gasteiger partial charge in [-0.25, -0.2) is 0 Å². The van der Waals surface area contributed by atoms with Gasteiger partial charge in [0.2, 0.25) is 0 Å². The number of benzene rings is 2. The summed E-state index contributed by atoms with van der Waals surface area (Å²) in [6.07, 6.45) is 2.64. The van der Waals surface area contributed by atoms with Crippen molar-refractivity contribution in [2.75, 3.05) is 32.7 Å². The first-order valence-electron chi connectivity index (χ1n) is 10.8. The van der Waals surface area contributed by atoms with E-state index in [2.05, 4.69) is 32.7 Å². The molecule has 1 aromatic heterocycles. The highest BCUT2D eigenvalue weighted by atomic mass is 127. The van der Waals surface area contributed by atoms with Gasteiger partial charge in [-0.05, 0) is 36.2 Å². The summed E-state index contributed by atoms with van der Waals surface area (Å²) in [6.45, 7) is 3.98. The molecule has 0 saturated heterocycles. The first kappa shape index (κ1) is 26.6. The number of aryl methyl sites for hydroxylation is 1. The monoisotopic (exact) mass is 565 g/mol. The number of ether oxygens (including phenoxy) is 2. The lowest BCUT2D eigenvalue weighted by Gasteiger charge is -2.13. The molecular formula is C24H32IN5O3. The fourth-order valence-electron chi connectivity index (χ4n) is 3.07. The van der Waals surface area contributed by atoms with E-state index in [0.29, 0.717) is 31.6 Å². The Hall–Kier alpha value is -2.66. The maximum atomic E-state index is 5.77. The highest BCUT2D eigenvalue weighted by Crippen LogP contribution is 2.20. The number of nitrogens with one attached hydrogen (secondary N) is 2. The first-order valence-corrected chi connectivity index (χ1v) is 10.8. The summed E-state index contributed by atoms with van der Waals surface area (Å²) >= 11 is 0. The molecule has 2 aromatic carbocycles. The van der Waals surface area contributed by atoms with Crippen LogP contribution >= 0.6 is 24.0 Å². The average Bonchev–Trinajstić information content (AvgIpc) is 3.29. The molecule has 178 valence electrons. The average molecular weight is 565 g/mol. The molecule has 0 bridgehead atoms. The summed E-state index contributed by atoms with van der Waals surface area (Å²) in [7, 11) is 3.43. The Morgan fingerprint density at radius 1 is 1.12 bits per heavy atom. The van der Waals surface area contributed by atoms with E-state index < -0.39 is 0 Å². The molecule has 0 atom stereocenters. The Kier molecular flexibility index (Phi) is 11.7.